The molecule has 7 heteroatoms. The number of nitrogens with zero attached hydrogens (tertiary/aromatic N) is 1. The molecule has 0 spiro atoms. The number of thioether (sulfide) groups is 1. The van der Waals surface area contributed by atoms with Crippen LogP contribution in [0.3, 0.4) is 0 Å². The summed E-state index contributed by atoms with van der Waals surface area (Å²) in [6.07, 6.45) is 1.77. The van der Waals surface area contributed by atoms with Gasteiger partial charge in [-0.05, 0) is 66.7 Å². The van der Waals surface area contributed by atoms with Gasteiger partial charge < -0.3 is 10.1 Å². The molecule has 0 radical (unpaired) electrons. The average Bonchev–Trinajstić information content (AvgIpc) is 2.92. The third-order valence-corrected chi connectivity index (χ3v) is 4.72. The van der Waals surface area contributed by atoms with Gasteiger partial charge in [0.2, 0.25) is 0 Å². The van der Waals surface area contributed by atoms with Crippen molar-refractivity contribution < 1.29 is 9.53 Å². The number of ether oxygens (including phenoxy) is 1. The van der Waals surface area contributed by atoms with Crippen LogP contribution in [0.5, 0.6) is 5.75 Å². The molecule has 2 aromatic rings. The summed E-state index contributed by atoms with van der Waals surface area (Å²) in [4.78, 5) is 17.1. The summed E-state index contributed by atoms with van der Waals surface area (Å²) in [6, 6.07) is 12.5. The summed E-state index contributed by atoms with van der Waals surface area (Å²) in [7, 11) is 0. The Morgan fingerprint density at radius 1 is 1.20 bits per heavy atom. The van der Waals surface area contributed by atoms with Gasteiger partial charge >= 0.3 is 0 Å². The first-order valence-corrected chi connectivity index (χ1v) is 9.10. The zero-order valence-corrected chi connectivity index (χ0v) is 15.6. The molecule has 2 aromatic carbocycles. The summed E-state index contributed by atoms with van der Waals surface area (Å²) in [5.74, 6) is 0.433. The molecule has 1 amide bonds. The zero-order chi connectivity index (χ0) is 17.8. The molecule has 4 nitrogen and oxygen atoms in total. The maximum absolute atomic E-state index is 12.1. The van der Waals surface area contributed by atoms with Crippen LogP contribution in [0.1, 0.15) is 12.5 Å². The maximum Gasteiger partial charge on any atom is 0.264 e. The van der Waals surface area contributed by atoms with E-state index in [1.165, 1.54) is 11.8 Å². The molecule has 1 heterocycles. The molecule has 0 aromatic heterocycles. The fourth-order valence-electron chi connectivity index (χ4n) is 2.14. The van der Waals surface area contributed by atoms with Crippen LogP contribution in [0.2, 0.25) is 10.0 Å². The third-order valence-electron chi connectivity index (χ3n) is 3.26. The second-order valence-electron chi connectivity index (χ2n) is 5.08. The number of rotatable bonds is 4. The van der Waals surface area contributed by atoms with E-state index in [0.29, 0.717) is 32.5 Å². The van der Waals surface area contributed by atoms with E-state index in [4.69, 9.17) is 27.9 Å². The van der Waals surface area contributed by atoms with Crippen molar-refractivity contribution in [1.82, 2.24) is 5.32 Å². The molecule has 1 saturated heterocycles. The molecule has 1 aliphatic heterocycles. The van der Waals surface area contributed by atoms with Gasteiger partial charge in [0.05, 0.1) is 22.2 Å². The number of hydrogen-bond donors (Lipinski definition) is 1. The van der Waals surface area contributed by atoms with Gasteiger partial charge in [-0.1, -0.05) is 29.3 Å². The van der Waals surface area contributed by atoms with E-state index < -0.39 is 0 Å². The molecule has 25 heavy (non-hydrogen) atoms. The van der Waals surface area contributed by atoms with Crippen LogP contribution in [0.15, 0.2) is 52.4 Å². The van der Waals surface area contributed by atoms with E-state index in [0.717, 1.165) is 11.3 Å². The lowest BCUT2D eigenvalue weighted by atomic mass is 10.2. The maximum atomic E-state index is 12.1. The highest BCUT2D eigenvalue weighted by Crippen LogP contribution is 2.31. The lowest BCUT2D eigenvalue weighted by Crippen LogP contribution is -2.19. The number of amides is 1. The largest absolute Gasteiger partial charge is 0.492 e. The second-order valence-corrected chi connectivity index (χ2v) is 6.96. The first-order valence-electron chi connectivity index (χ1n) is 7.52. The Kier molecular flexibility index (Phi) is 5.68. The van der Waals surface area contributed by atoms with Gasteiger partial charge in [-0.15, -0.1) is 0 Å². The fraction of sp³-hybridized carbons (Fsp3) is 0.111. The minimum Gasteiger partial charge on any atom is -0.492 e. The second kappa shape index (κ2) is 7.95. The van der Waals surface area contributed by atoms with Crippen LogP contribution in [-0.4, -0.2) is 17.7 Å². The van der Waals surface area contributed by atoms with Crippen LogP contribution in [0, 0.1) is 0 Å². The number of carbonyl (C=O) groups is 1. The van der Waals surface area contributed by atoms with E-state index >= 15 is 0 Å². The quantitative estimate of drug-likeness (QED) is 0.719. The molecule has 1 N–H and O–H groups in total. The molecule has 1 aliphatic rings. The minimum atomic E-state index is -0.192. The molecular formula is C18H14Cl2N2O2S. The summed E-state index contributed by atoms with van der Waals surface area (Å²) in [5, 5.41) is 4.42. The number of hydrogen-bond acceptors (Lipinski definition) is 4. The van der Waals surface area contributed by atoms with Gasteiger partial charge in [0.1, 0.15) is 5.75 Å². The molecule has 1 fully saturated rings. The Labute approximate surface area is 159 Å². The van der Waals surface area contributed by atoms with Crippen molar-refractivity contribution in [2.45, 2.75) is 6.92 Å². The van der Waals surface area contributed by atoms with Crippen LogP contribution in [0.4, 0.5) is 5.69 Å². The van der Waals surface area contributed by atoms with E-state index in [-0.39, 0.29) is 5.91 Å². The van der Waals surface area contributed by atoms with Crippen LogP contribution in [0.25, 0.3) is 6.08 Å². The molecule has 128 valence electrons. The minimum absolute atomic E-state index is 0.192. The van der Waals surface area contributed by atoms with Gasteiger partial charge in [0.15, 0.2) is 5.17 Å². The van der Waals surface area contributed by atoms with E-state index in [2.05, 4.69) is 10.3 Å². The Balaban J connectivity index is 1.79. The van der Waals surface area contributed by atoms with Gasteiger partial charge in [-0.3, -0.25) is 4.79 Å². The van der Waals surface area contributed by atoms with E-state index in [1.54, 1.807) is 42.5 Å². The SMILES string of the molecule is CCOc1ccc(/C=C2\SC(=Nc3ccc(Cl)cc3)NC2=O)cc1Cl. The van der Waals surface area contributed by atoms with Crippen molar-refractivity contribution in [2.75, 3.05) is 6.61 Å². The van der Waals surface area contributed by atoms with Crippen molar-refractivity contribution in [3.8, 4) is 5.75 Å². The fourth-order valence-corrected chi connectivity index (χ4v) is 3.36. The lowest BCUT2D eigenvalue weighted by Gasteiger charge is -2.05. The van der Waals surface area contributed by atoms with Gasteiger partial charge in [0, 0.05) is 5.02 Å². The summed E-state index contributed by atoms with van der Waals surface area (Å²) < 4.78 is 5.41. The van der Waals surface area contributed by atoms with Crippen molar-refractivity contribution in [1.29, 1.82) is 0 Å². The molecule has 0 atom stereocenters. The monoisotopic (exact) mass is 392 g/mol. The van der Waals surface area contributed by atoms with Crippen LogP contribution < -0.4 is 10.1 Å². The van der Waals surface area contributed by atoms with Crippen LogP contribution >= 0.6 is 35.0 Å². The summed E-state index contributed by atoms with van der Waals surface area (Å²) in [6.45, 7) is 2.44. The first-order chi connectivity index (χ1) is 12.0. The zero-order valence-electron chi connectivity index (χ0n) is 13.3. The number of halogens is 2. The number of amidine groups is 1. The molecule has 0 bridgehead atoms. The predicted molar refractivity (Wildman–Crippen MR) is 105 cm³/mol. The third kappa shape index (κ3) is 4.57. The number of aliphatic imine (C=N–C) groups is 1. The lowest BCUT2D eigenvalue weighted by molar-refractivity contribution is -0.115. The van der Waals surface area contributed by atoms with Crippen molar-refractivity contribution in [3.63, 3.8) is 0 Å². The highest BCUT2D eigenvalue weighted by atomic mass is 35.5. The Bertz CT molecular complexity index is 864. The Morgan fingerprint density at radius 3 is 2.64 bits per heavy atom. The van der Waals surface area contributed by atoms with E-state index in [9.17, 15) is 4.79 Å². The van der Waals surface area contributed by atoms with Crippen molar-refractivity contribution in [2.24, 2.45) is 4.99 Å². The highest BCUT2D eigenvalue weighted by molar-refractivity contribution is 8.18. The average molecular weight is 393 g/mol. The molecular weight excluding hydrogens is 379 g/mol. The molecule has 3 rings (SSSR count). The number of carbonyl (C=O) groups excluding carboxylic acids is 1. The van der Waals surface area contributed by atoms with Crippen molar-refractivity contribution >= 4 is 57.8 Å². The van der Waals surface area contributed by atoms with Gasteiger partial charge in [0.25, 0.3) is 5.91 Å². The Morgan fingerprint density at radius 2 is 1.96 bits per heavy atom. The molecule has 0 saturated carbocycles. The highest BCUT2D eigenvalue weighted by Gasteiger charge is 2.23. The summed E-state index contributed by atoms with van der Waals surface area (Å²) >= 11 is 13.3. The standard InChI is InChI=1S/C18H14Cl2N2O2S/c1-2-24-15-8-3-11(9-14(15)20)10-16-17(23)22-18(25-16)21-13-6-4-12(19)5-7-13/h3-10H,2H2,1H3,(H,21,22,23)/b16-10-. The van der Waals surface area contributed by atoms with Crippen molar-refractivity contribution in [3.05, 3.63) is 63.0 Å². The molecule has 0 unspecified atom stereocenters. The summed E-state index contributed by atoms with van der Waals surface area (Å²) in [5.41, 5.74) is 1.54. The smallest absolute Gasteiger partial charge is 0.264 e. The number of benzene rings is 2. The van der Waals surface area contributed by atoms with E-state index in [1.807, 2.05) is 13.0 Å². The predicted octanol–water partition coefficient (Wildman–Crippen LogP) is 5.28. The molecule has 0 aliphatic carbocycles. The van der Waals surface area contributed by atoms with Gasteiger partial charge in [-0.2, -0.15) is 0 Å². The van der Waals surface area contributed by atoms with Crippen LogP contribution in [-0.2, 0) is 4.79 Å². The number of nitrogens with one attached hydrogen (secondary N) is 1. The normalized spacial score (nSPS) is 17.2. The topological polar surface area (TPSA) is 50.7 Å². The first kappa shape index (κ1) is 17.9. The Hall–Kier alpha value is -1.95. The van der Waals surface area contributed by atoms with Gasteiger partial charge in [-0.25, -0.2) is 4.99 Å².